The number of nitrogens with zero attached hydrogens (tertiary/aromatic N) is 1. The molecule has 2 rings (SSSR count). The van der Waals surface area contributed by atoms with E-state index in [9.17, 15) is 28.2 Å². The molecule has 0 aromatic heterocycles. The molecule has 1 aromatic rings. The summed E-state index contributed by atoms with van der Waals surface area (Å²) in [4.78, 5) is 12.8. The van der Waals surface area contributed by atoms with Gasteiger partial charge < -0.3 is 19.8 Å². The van der Waals surface area contributed by atoms with Gasteiger partial charge in [0.15, 0.2) is 5.60 Å². The standard InChI is InChI=1S/C14H16F3NO4/c15-14(16,17)13(21)6-7-18(8-11(13)19)12(20)22-9-10-4-2-1-3-5-10/h1-5,11,19,21H,6-9H2/t11-,13+/m1/s1. The van der Waals surface area contributed by atoms with Crippen LogP contribution >= 0.6 is 0 Å². The molecule has 0 saturated carbocycles. The number of carbonyl (C=O) groups is 1. The molecule has 1 aliphatic rings. The summed E-state index contributed by atoms with van der Waals surface area (Å²) in [6.07, 6.45) is -8.68. The van der Waals surface area contributed by atoms with Crippen molar-refractivity contribution in [1.29, 1.82) is 0 Å². The van der Waals surface area contributed by atoms with Crippen molar-refractivity contribution in [3.05, 3.63) is 35.9 Å². The van der Waals surface area contributed by atoms with E-state index >= 15 is 0 Å². The number of amides is 1. The lowest BCUT2D eigenvalue weighted by Gasteiger charge is -2.42. The number of aliphatic hydroxyl groups excluding tert-OH is 1. The largest absolute Gasteiger partial charge is 0.445 e. The highest BCUT2D eigenvalue weighted by Crippen LogP contribution is 2.38. The third-order valence-electron chi connectivity index (χ3n) is 3.66. The highest BCUT2D eigenvalue weighted by molar-refractivity contribution is 5.68. The first-order valence-corrected chi connectivity index (χ1v) is 6.67. The van der Waals surface area contributed by atoms with Crippen molar-refractivity contribution in [1.82, 2.24) is 4.90 Å². The quantitative estimate of drug-likeness (QED) is 0.870. The van der Waals surface area contributed by atoms with E-state index in [0.29, 0.717) is 0 Å². The molecule has 5 nitrogen and oxygen atoms in total. The van der Waals surface area contributed by atoms with E-state index in [4.69, 9.17) is 4.74 Å². The van der Waals surface area contributed by atoms with Crippen LogP contribution in [0.5, 0.6) is 0 Å². The van der Waals surface area contributed by atoms with E-state index in [1.165, 1.54) is 0 Å². The number of halogens is 3. The lowest BCUT2D eigenvalue weighted by Crippen LogP contribution is -2.63. The summed E-state index contributed by atoms with van der Waals surface area (Å²) >= 11 is 0. The fourth-order valence-electron chi connectivity index (χ4n) is 2.23. The van der Waals surface area contributed by atoms with Gasteiger partial charge in [-0.25, -0.2) is 4.79 Å². The summed E-state index contributed by atoms with van der Waals surface area (Å²) in [5.74, 6) is 0. The van der Waals surface area contributed by atoms with Crippen molar-refractivity contribution >= 4 is 6.09 Å². The first-order chi connectivity index (χ1) is 10.2. The summed E-state index contributed by atoms with van der Waals surface area (Å²) in [5.41, 5.74) is -2.45. The average Bonchev–Trinajstić information content (AvgIpc) is 2.47. The van der Waals surface area contributed by atoms with Gasteiger partial charge in [0, 0.05) is 13.0 Å². The Morgan fingerprint density at radius 1 is 1.36 bits per heavy atom. The zero-order chi connectivity index (χ0) is 16.4. The maximum atomic E-state index is 12.7. The minimum absolute atomic E-state index is 0.0180. The predicted molar refractivity (Wildman–Crippen MR) is 69.8 cm³/mol. The summed E-state index contributed by atoms with van der Waals surface area (Å²) in [6.45, 7) is -1.000. The monoisotopic (exact) mass is 319 g/mol. The van der Waals surface area contributed by atoms with Gasteiger partial charge in [-0.3, -0.25) is 0 Å². The van der Waals surface area contributed by atoms with Crippen LogP contribution in [0.15, 0.2) is 30.3 Å². The number of hydrogen-bond acceptors (Lipinski definition) is 4. The number of alkyl halides is 3. The summed E-state index contributed by atoms with van der Waals surface area (Å²) in [5, 5.41) is 19.1. The molecule has 0 bridgehead atoms. The van der Waals surface area contributed by atoms with Crippen molar-refractivity contribution in [2.75, 3.05) is 13.1 Å². The van der Waals surface area contributed by atoms with Crippen LogP contribution in [-0.2, 0) is 11.3 Å². The summed E-state index contributed by atoms with van der Waals surface area (Å²) in [7, 11) is 0. The van der Waals surface area contributed by atoms with Gasteiger partial charge in [0.2, 0.25) is 0 Å². The second-order valence-electron chi connectivity index (χ2n) is 5.17. The van der Waals surface area contributed by atoms with Crippen LogP contribution in [-0.4, -0.2) is 52.2 Å². The van der Waals surface area contributed by atoms with Crippen LogP contribution in [0.25, 0.3) is 0 Å². The number of benzene rings is 1. The zero-order valence-corrected chi connectivity index (χ0v) is 11.6. The molecule has 2 atom stereocenters. The van der Waals surface area contributed by atoms with E-state index in [1.54, 1.807) is 30.3 Å². The summed E-state index contributed by atoms with van der Waals surface area (Å²) < 4.78 is 43.2. The lowest BCUT2D eigenvalue weighted by atomic mass is 9.88. The molecule has 1 heterocycles. The Hall–Kier alpha value is -1.80. The molecule has 2 N–H and O–H groups in total. The second-order valence-corrected chi connectivity index (χ2v) is 5.17. The lowest BCUT2D eigenvalue weighted by molar-refractivity contribution is -0.301. The Kier molecular flexibility index (Phi) is 4.62. The maximum Gasteiger partial charge on any atom is 0.419 e. The van der Waals surface area contributed by atoms with Crippen LogP contribution in [0.2, 0.25) is 0 Å². The molecule has 1 saturated heterocycles. The van der Waals surface area contributed by atoms with Gasteiger partial charge >= 0.3 is 12.3 Å². The number of β-amino-alcohol motifs (C(OH)–C–C–N with tert-alkyl or cyclic N) is 1. The van der Waals surface area contributed by atoms with E-state index in [2.05, 4.69) is 0 Å². The van der Waals surface area contributed by atoms with Crippen molar-refractivity contribution in [2.24, 2.45) is 0 Å². The molecule has 0 aliphatic carbocycles. The molecule has 1 amide bonds. The third kappa shape index (κ3) is 3.33. The van der Waals surface area contributed by atoms with Gasteiger partial charge in [0.05, 0.1) is 6.54 Å². The first-order valence-electron chi connectivity index (χ1n) is 6.67. The Morgan fingerprint density at radius 2 is 2.00 bits per heavy atom. The van der Waals surface area contributed by atoms with Gasteiger partial charge in [-0.2, -0.15) is 13.2 Å². The van der Waals surface area contributed by atoms with Gasteiger partial charge in [-0.15, -0.1) is 0 Å². The van der Waals surface area contributed by atoms with E-state index in [1.807, 2.05) is 0 Å². The normalized spacial score (nSPS) is 25.9. The Balaban J connectivity index is 1.91. The average molecular weight is 319 g/mol. The Labute approximate surface area is 124 Å². The molecular formula is C14H16F3NO4. The highest BCUT2D eigenvalue weighted by atomic mass is 19.4. The molecule has 22 heavy (non-hydrogen) atoms. The third-order valence-corrected chi connectivity index (χ3v) is 3.66. The summed E-state index contributed by atoms with van der Waals surface area (Å²) in [6, 6.07) is 8.79. The predicted octanol–water partition coefficient (Wildman–Crippen LogP) is 1.68. The topological polar surface area (TPSA) is 70.0 Å². The maximum absolute atomic E-state index is 12.7. The number of piperidine rings is 1. The smallest absolute Gasteiger partial charge is 0.419 e. The molecule has 8 heteroatoms. The molecule has 1 fully saturated rings. The second kappa shape index (κ2) is 6.13. The molecule has 0 radical (unpaired) electrons. The van der Waals surface area contributed by atoms with Crippen LogP contribution in [0.4, 0.5) is 18.0 Å². The molecule has 1 aromatic carbocycles. The zero-order valence-electron chi connectivity index (χ0n) is 11.6. The van der Waals surface area contributed by atoms with Gasteiger partial charge in [-0.05, 0) is 5.56 Å². The van der Waals surface area contributed by atoms with Crippen molar-refractivity contribution in [3.8, 4) is 0 Å². The molecule has 122 valence electrons. The van der Waals surface area contributed by atoms with Crippen LogP contribution < -0.4 is 0 Å². The van der Waals surface area contributed by atoms with Crippen molar-refractivity contribution in [3.63, 3.8) is 0 Å². The number of ether oxygens (including phenoxy) is 1. The van der Waals surface area contributed by atoms with E-state index in [0.717, 1.165) is 10.5 Å². The molecule has 1 aliphatic heterocycles. The van der Waals surface area contributed by atoms with Gasteiger partial charge in [0.25, 0.3) is 0 Å². The number of carbonyl (C=O) groups excluding carboxylic acids is 1. The van der Waals surface area contributed by atoms with Gasteiger partial charge in [0.1, 0.15) is 12.7 Å². The number of likely N-dealkylation sites (tertiary alicyclic amines) is 1. The van der Waals surface area contributed by atoms with E-state index in [-0.39, 0.29) is 13.2 Å². The van der Waals surface area contributed by atoms with Crippen LogP contribution in [0.3, 0.4) is 0 Å². The van der Waals surface area contributed by atoms with Crippen LogP contribution in [0, 0.1) is 0 Å². The fourth-order valence-corrected chi connectivity index (χ4v) is 2.23. The molecule has 0 unspecified atom stereocenters. The minimum Gasteiger partial charge on any atom is -0.445 e. The minimum atomic E-state index is -4.95. The SMILES string of the molecule is O=C(OCc1ccccc1)N1CC[C@@](O)(C(F)(F)F)[C@H](O)C1. The van der Waals surface area contributed by atoms with Crippen LogP contribution in [0.1, 0.15) is 12.0 Å². The molecular weight excluding hydrogens is 303 g/mol. The van der Waals surface area contributed by atoms with E-state index < -0.39 is 36.9 Å². The van der Waals surface area contributed by atoms with Gasteiger partial charge in [-0.1, -0.05) is 30.3 Å². The number of hydrogen-bond donors (Lipinski definition) is 2. The highest BCUT2D eigenvalue weighted by Gasteiger charge is 2.60. The molecule has 0 spiro atoms. The Morgan fingerprint density at radius 3 is 2.55 bits per heavy atom. The Bertz CT molecular complexity index is 523. The number of aliphatic hydroxyl groups is 2. The van der Waals surface area contributed by atoms with Crippen molar-refractivity contribution < 1.29 is 32.9 Å². The fraction of sp³-hybridized carbons (Fsp3) is 0.500. The van der Waals surface area contributed by atoms with Crippen molar-refractivity contribution in [2.45, 2.75) is 30.9 Å². The first kappa shape index (κ1) is 16.6. The number of rotatable bonds is 2.